The van der Waals surface area contributed by atoms with Crippen LogP contribution >= 0.6 is 11.8 Å². The zero-order chi connectivity index (χ0) is 18.0. The van der Waals surface area contributed by atoms with Gasteiger partial charge < -0.3 is 5.32 Å². The summed E-state index contributed by atoms with van der Waals surface area (Å²) >= 11 is 1.79. The molecule has 0 atom stereocenters. The fraction of sp³-hybridized carbons (Fsp3) is 0.250. The van der Waals surface area contributed by atoms with Crippen LogP contribution in [0.15, 0.2) is 72.1 Å². The Kier molecular flexibility index (Phi) is 6.84. The molecule has 5 nitrogen and oxygen atoms in total. The van der Waals surface area contributed by atoms with E-state index in [1.165, 1.54) is 11.2 Å². The molecular weight excluding hydrogens is 344 g/mol. The summed E-state index contributed by atoms with van der Waals surface area (Å²) in [6.45, 7) is 1.26. The van der Waals surface area contributed by atoms with Crippen LogP contribution < -0.4 is 5.32 Å². The van der Waals surface area contributed by atoms with Gasteiger partial charge in [0.2, 0.25) is 5.91 Å². The van der Waals surface area contributed by atoms with Gasteiger partial charge in [-0.2, -0.15) is 5.10 Å². The molecule has 3 rings (SSSR count). The number of aromatic nitrogens is 3. The first-order chi connectivity index (χ1) is 12.8. The first-order valence-electron chi connectivity index (χ1n) is 8.64. The Balaban J connectivity index is 1.33. The summed E-state index contributed by atoms with van der Waals surface area (Å²) in [6.07, 6.45) is 4.67. The minimum atomic E-state index is 0.102. The van der Waals surface area contributed by atoms with Gasteiger partial charge in [-0.3, -0.25) is 4.79 Å². The number of nitrogens with zero attached hydrogens (tertiary/aromatic N) is 3. The monoisotopic (exact) mass is 366 g/mol. The van der Waals surface area contributed by atoms with E-state index in [4.69, 9.17) is 0 Å². The van der Waals surface area contributed by atoms with E-state index in [-0.39, 0.29) is 5.91 Å². The van der Waals surface area contributed by atoms with Crippen LogP contribution in [0.2, 0.25) is 0 Å². The minimum Gasteiger partial charge on any atom is -0.352 e. The fourth-order valence-corrected chi connectivity index (χ4v) is 3.37. The second-order valence-electron chi connectivity index (χ2n) is 5.95. The SMILES string of the molecule is O=C(CCCSc1ccccc1)NCc1ccc(Cn2cncn2)cc1. The molecule has 0 saturated carbocycles. The summed E-state index contributed by atoms with van der Waals surface area (Å²) in [5.74, 6) is 1.05. The third-order valence-electron chi connectivity index (χ3n) is 3.88. The van der Waals surface area contributed by atoms with Gasteiger partial charge in [0.15, 0.2) is 0 Å². The summed E-state index contributed by atoms with van der Waals surface area (Å²) in [5, 5.41) is 7.08. The van der Waals surface area contributed by atoms with E-state index in [1.54, 1.807) is 22.8 Å². The van der Waals surface area contributed by atoms with Crippen molar-refractivity contribution in [3.05, 3.63) is 78.4 Å². The molecule has 0 fully saturated rings. The van der Waals surface area contributed by atoms with Gasteiger partial charge in [0.05, 0.1) is 6.54 Å². The van der Waals surface area contributed by atoms with Crippen molar-refractivity contribution < 1.29 is 4.79 Å². The Bertz CT molecular complexity index is 788. The highest BCUT2D eigenvalue weighted by Crippen LogP contribution is 2.18. The molecule has 0 aliphatic carbocycles. The van der Waals surface area contributed by atoms with Crippen molar-refractivity contribution in [3.8, 4) is 0 Å². The van der Waals surface area contributed by atoms with Crippen LogP contribution in [0.25, 0.3) is 0 Å². The van der Waals surface area contributed by atoms with Gasteiger partial charge in [0.1, 0.15) is 12.7 Å². The lowest BCUT2D eigenvalue weighted by molar-refractivity contribution is -0.121. The van der Waals surface area contributed by atoms with Crippen LogP contribution in [0.1, 0.15) is 24.0 Å². The van der Waals surface area contributed by atoms with Crippen LogP contribution in [0.4, 0.5) is 0 Å². The lowest BCUT2D eigenvalue weighted by Gasteiger charge is -2.07. The topological polar surface area (TPSA) is 59.8 Å². The molecule has 6 heteroatoms. The number of thioether (sulfide) groups is 1. The van der Waals surface area contributed by atoms with E-state index in [0.29, 0.717) is 19.5 Å². The third kappa shape index (κ3) is 6.04. The summed E-state index contributed by atoms with van der Waals surface area (Å²) < 4.78 is 1.78. The molecule has 0 saturated heterocycles. The van der Waals surface area contributed by atoms with Crippen LogP contribution in [-0.2, 0) is 17.9 Å². The number of nitrogens with one attached hydrogen (secondary N) is 1. The molecule has 134 valence electrons. The fourth-order valence-electron chi connectivity index (χ4n) is 2.49. The zero-order valence-electron chi connectivity index (χ0n) is 14.5. The molecular formula is C20H22N4OS. The van der Waals surface area contributed by atoms with E-state index in [1.807, 2.05) is 30.3 Å². The molecule has 2 aromatic carbocycles. The number of hydrogen-bond acceptors (Lipinski definition) is 4. The van der Waals surface area contributed by atoms with Crippen LogP contribution in [0.5, 0.6) is 0 Å². The van der Waals surface area contributed by atoms with Crippen molar-refractivity contribution in [1.82, 2.24) is 20.1 Å². The highest BCUT2D eigenvalue weighted by atomic mass is 32.2. The Morgan fingerprint density at radius 2 is 1.81 bits per heavy atom. The number of carbonyl (C=O) groups excluding carboxylic acids is 1. The maximum Gasteiger partial charge on any atom is 0.220 e. The largest absolute Gasteiger partial charge is 0.352 e. The van der Waals surface area contributed by atoms with E-state index >= 15 is 0 Å². The molecule has 1 N–H and O–H groups in total. The average Bonchev–Trinajstić information content (AvgIpc) is 3.19. The predicted molar refractivity (Wildman–Crippen MR) is 104 cm³/mol. The highest BCUT2D eigenvalue weighted by Gasteiger charge is 2.03. The van der Waals surface area contributed by atoms with Crippen LogP contribution in [-0.4, -0.2) is 26.4 Å². The molecule has 0 unspecified atom stereocenters. The molecule has 0 spiro atoms. The molecule has 26 heavy (non-hydrogen) atoms. The number of amides is 1. The molecule has 1 aromatic heterocycles. The van der Waals surface area contributed by atoms with Crippen LogP contribution in [0, 0.1) is 0 Å². The molecule has 0 bridgehead atoms. The first kappa shape index (κ1) is 18.2. The van der Waals surface area contributed by atoms with Gasteiger partial charge in [-0.25, -0.2) is 9.67 Å². The van der Waals surface area contributed by atoms with Gasteiger partial charge in [-0.15, -0.1) is 11.8 Å². The van der Waals surface area contributed by atoms with Crippen molar-refractivity contribution in [2.24, 2.45) is 0 Å². The first-order valence-corrected chi connectivity index (χ1v) is 9.63. The van der Waals surface area contributed by atoms with Gasteiger partial charge in [0, 0.05) is 17.9 Å². The van der Waals surface area contributed by atoms with E-state index in [9.17, 15) is 4.79 Å². The van der Waals surface area contributed by atoms with Crippen molar-refractivity contribution in [2.75, 3.05) is 5.75 Å². The normalized spacial score (nSPS) is 10.6. The summed E-state index contributed by atoms with van der Waals surface area (Å²) in [6, 6.07) is 18.5. The summed E-state index contributed by atoms with van der Waals surface area (Å²) in [4.78, 5) is 17.2. The summed E-state index contributed by atoms with van der Waals surface area (Å²) in [5.41, 5.74) is 2.25. The van der Waals surface area contributed by atoms with Crippen molar-refractivity contribution >= 4 is 17.7 Å². The number of carbonyl (C=O) groups is 1. The molecule has 0 aliphatic heterocycles. The van der Waals surface area contributed by atoms with Gasteiger partial charge in [-0.1, -0.05) is 42.5 Å². The lowest BCUT2D eigenvalue weighted by Crippen LogP contribution is -2.22. The Morgan fingerprint density at radius 1 is 1.04 bits per heavy atom. The molecule has 1 amide bonds. The smallest absolute Gasteiger partial charge is 0.220 e. The quantitative estimate of drug-likeness (QED) is 0.465. The second-order valence-corrected chi connectivity index (χ2v) is 7.12. The third-order valence-corrected chi connectivity index (χ3v) is 4.98. The zero-order valence-corrected chi connectivity index (χ0v) is 15.4. The second kappa shape index (κ2) is 9.77. The maximum absolute atomic E-state index is 12.0. The Labute approximate surface area is 157 Å². The average molecular weight is 366 g/mol. The Morgan fingerprint density at radius 3 is 2.54 bits per heavy atom. The number of benzene rings is 2. The molecule has 3 aromatic rings. The standard InChI is InChI=1S/C20H22N4OS/c25-20(7-4-12-26-19-5-2-1-3-6-19)22-13-17-8-10-18(11-9-17)14-24-16-21-15-23-24/h1-3,5-6,8-11,15-16H,4,7,12-14H2,(H,22,25). The van der Waals surface area contributed by atoms with E-state index in [2.05, 4.69) is 39.7 Å². The van der Waals surface area contributed by atoms with Gasteiger partial charge in [0.25, 0.3) is 0 Å². The molecule has 0 aliphatic rings. The maximum atomic E-state index is 12.0. The van der Waals surface area contributed by atoms with Crippen molar-refractivity contribution in [2.45, 2.75) is 30.8 Å². The minimum absolute atomic E-state index is 0.102. The predicted octanol–water partition coefficient (Wildman–Crippen LogP) is 3.52. The van der Waals surface area contributed by atoms with E-state index < -0.39 is 0 Å². The van der Waals surface area contributed by atoms with Gasteiger partial charge in [-0.05, 0) is 35.4 Å². The number of hydrogen-bond donors (Lipinski definition) is 1. The van der Waals surface area contributed by atoms with Crippen LogP contribution in [0.3, 0.4) is 0 Å². The van der Waals surface area contributed by atoms with Crippen molar-refractivity contribution in [3.63, 3.8) is 0 Å². The molecule has 0 radical (unpaired) electrons. The summed E-state index contributed by atoms with van der Waals surface area (Å²) in [7, 11) is 0. The lowest BCUT2D eigenvalue weighted by atomic mass is 10.1. The van der Waals surface area contributed by atoms with Crippen molar-refractivity contribution in [1.29, 1.82) is 0 Å². The number of rotatable bonds is 9. The van der Waals surface area contributed by atoms with E-state index in [0.717, 1.165) is 23.3 Å². The highest BCUT2D eigenvalue weighted by molar-refractivity contribution is 7.99. The Hall–Kier alpha value is -2.60. The molecule has 1 heterocycles. The van der Waals surface area contributed by atoms with Gasteiger partial charge >= 0.3 is 0 Å².